The normalized spacial score (nSPS) is 16.9. The Kier molecular flexibility index (Phi) is 3.41. The largest absolute Gasteiger partial charge is 0.475 e. The van der Waals surface area contributed by atoms with Crippen molar-refractivity contribution in [2.24, 2.45) is 5.92 Å². The standard InChI is InChI=1S/C11H13ClFNO/c12-9-5-10(13)11(14-6-9)15-7-8-3-1-2-4-8/h5-6,8H,1-4,7H2. The quantitative estimate of drug-likeness (QED) is 0.792. The average molecular weight is 230 g/mol. The molecule has 82 valence electrons. The van der Waals surface area contributed by atoms with Gasteiger partial charge >= 0.3 is 0 Å². The molecular formula is C11H13ClFNO. The van der Waals surface area contributed by atoms with E-state index < -0.39 is 5.82 Å². The fourth-order valence-electron chi connectivity index (χ4n) is 1.88. The van der Waals surface area contributed by atoms with E-state index in [9.17, 15) is 4.39 Å². The van der Waals surface area contributed by atoms with Crippen LogP contribution in [0.15, 0.2) is 12.3 Å². The molecule has 0 N–H and O–H groups in total. The van der Waals surface area contributed by atoms with E-state index in [1.807, 2.05) is 0 Å². The molecule has 1 heterocycles. The van der Waals surface area contributed by atoms with Crippen molar-refractivity contribution in [1.82, 2.24) is 4.98 Å². The van der Waals surface area contributed by atoms with Crippen molar-refractivity contribution in [1.29, 1.82) is 0 Å². The number of aromatic nitrogens is 1. The Morgan fingerprint density at radius 2 is 2.20 bits per heavy atom. The van der Waals surface area contributed by atoms with E-state index in [-0.39, 0.29) is 5.88 Å². The van der Waals surface area contributed by atoms with Crippen molar-refractivity contribution < 1.29 is 9.13 Å². The first-order valence-electron chi connectivity index (χ1n) is 5.19. The van der Waals surface area contributed by atoms with Crippen LogP contribution in [-0.4, -0.2) is 11.6 Å². The second kappa shape index (κ2) is 4.79. The summed E-state index contributed by atoms with van der Waals surface area (Å²) in [4.78, 5) is 3.81. The van der Waals surface area contributed by atoms with Crippen molar-refractivity contribution >= 4 is 11.6 Å². The maximum absolute atomic E-state index is 13.3. The molecule has 4 heteroatoms. The summed E-state index contributed by atoms with van der Waals surface area (Å²) in [5, 5.41) is 0.292. The minimum Gasteiger partial charge on any atom is -0.475 e. The lowest BCUT2D eigenvalue weighted by Gasteiger charge is -2.10. The van der Waals surface area contributed by atoms with Crippen LogP contribution in [-0.2, 0) is 0 Å². The van der Waals surface area contributed by atoms with Gasteiger partial charge in [-0.3, -0.25) is 0 Å². The molecule has 0 bridgehead atoms. The van der Waals surface area contributed by atoms with Gasteiger partial charge < -0.3 is 4.74 Å². The molecule has 0 atom stereocenters. The van der Waals surface area contributed by atoms with E-state index in [2.05, 4.69) is 4.98 Å². The van der Waals surface area contributed by atoms with Crippen LogP contribution in [0.5, 0.6) is 5.88 Å². The average Bonchev–Trinajstić information content (AvgIpc) is 2.69. The molecule has 15 heavy (non-hydrogen) atoms. The molecular weight excluding hydrogens is 217 g/mol. The van der Waals surface area contributed by atoms with Crippen molar-refractivity contribution in [3.63, 3.8) is 0 Å². The zero-order valence-corrected chi connectivity index (χ0v) is 9.13. The molecule has 1 aromatic rings. The van der Waals surface area contributed by atoms with E-state index in [0.717, 1.165) is 0 Å². The molecule has 1 aliphatic rings. The van der Waals surface area contributed by atoms with Gasteiger partial charge in [0.1, 0.15) is 0 Å². The molecule has 0 aliphatic heterocycles. The van der Waals surface area contributed by atoms with Crippen molar-refractivity contribution in [3.8, 4) is 5.88 Å². The predicted octanol–water partition coefficient (Wildman–Crippen LogP) is 3.44. The molecule has 0 spiro atoms. The summed E-state index contributed by atoms with van der Waals surface area (Å²) in [6, 6.07) is 1.22. The number of hydrogen-bond acceptors (Lipinski definition) is 2. The number of halogens is 2. The number of rotatable bonds is 3. The fraction of sp³-hybridized carbons (Fsp3) is 0.545. The molecule has 1 saturated carbocycles. The first-order valence-corrected chi connectivity index (χ1v) is 5.57. The van der Waals surface area contributed by atoms with Gasteiger partial charge in [0.2, 0.25) is 5.88 Å². The first-order chi connectivity index (χ1) is 7.25. The monoisotopic (exact) mass is 229 g/mol. The number of ether oxygens (including phenoxy) is 1. The Labute approximate surface area is 93.4 Å². The van der Waals surface area contributed by atoms with E-state index in [1.54, 1.807) is 0 Å². The van der Waals surface area contributed by atoms with E-state index >= 15 is 0 Å². The smallest absolute Gasteiger partial charge is 0.250 e. The van der Waals surface area contributed by atoms with E-state index in [1.165, 1.54) is 37.9 Å². The molecule has 0 aromatic carbocycles. The van der Waals surface area contributed by atoms with E-state index in [0.29, 0.717) is 17.5 Å². The number of hydrogen-bond donors (Lipinski definition) is 0. The van der Waals surface area contributed by atoms with Crippen LogP contribution in [0.25, 0.3) is 0 Å². The highest BCUT2D eigenvalue weighted by Crippen LogP contribution is 2.26. The van der Waals surface area contributed by atoms with Gasteiger partial charge in [0.05, 0.1) is 11.6 Å². The van der Waals surface area contributed by atoms with Crippen molar-refractivity contribution in [3.05, 3.63) is 23.1 Å². The Morgan fingerprint density at radius 3 is 2.87 bits per heavy atom. The molecule has 0 unspecified atom stereocenters. The number of nitrogens with zero attached hydrogens (tertiary/aromatic N) is 1. The second-order valence-electron chi connectivity index (χ2n) is 3.90. The van der Waals surface area contributed by atoms with Gasteiger partial charge in [0.15, 0.2) is 5.82 Å². The molecule has 1 aromatic heterocycles. The highest BCUT2D eigenvalue weighted by molar-refractivity contribution is 6.30. The zero-order valence-electron chi connectivity index (χ0n) is 8.38. The maximum Gasteiger partial charge on any atom is 0.250 e. The highest BCUT2D eigenvalue weighted by Gasteiger charge is 2.16. The van der Waals surface area contributed by atoms with Crippen LogP contribution < -0.4 is 4.74 Å². The SMILES string of the molecule is Fc1cc(Cl)cnc1OCC1CCCC1. The van der Waals surface area contributed by atoms with Gasteiger partial charge in [0.25, 0.3) is 0 Å². The fourth-order valence-corrected chi connectivity index (χ4v) is 2.03. The summed E-state index contributed by atoms with van der Waals surface area (Å²) in [6.45, 7) is 0.561. The molecule has 1 fully saturated rings. The van der Waals surface area contributed by atoms with Gasteiger partial charge in [-0.15, -0.1) is 0 Å². The third-order valence-electron chi connectivity index (χ3n) is 2.70. The molecule has 0 radical (unpaired) electrons. The highest BCUT2D eigenvalue weighted by atomic mass is 35.5. The summed E-state index contributed by atoms with van der Waals surface area (Å²) in [5.41, 5.74) is 0. The zero-order chi connectivity index (χ0) is 10.7. The van der Waals surface area contributed by atoms with Gasteiger partial charge in [-0.25, -0.2) is 9.37 Å². The van der Waals surface area contributed by atoms with Crippen LogP contribution in [0.1, 0.15) is 25.7 Å². The minimum atomic E-state index is -0.486. The van der Waals surface area contributed by atoms with Gasteiger partial charge in [-0.05, 0) is 24.8 Å². The lowest BCUT2D eigenvalue weighted by atomic mass is 10.1. The summed E-state index contributed by atoms with van der Waals surface area (Å²) < 4.78 is 18.6. The maximum atomic E-state index is 13.3. The Balaban J connectivity index is 1.92. The Morgan fingerprint density at radius 1 is 1.47 bits per heavy atom. The predicted molar refractivity (Wildman–Crippen MR) is 56.7 cm³/mol. The first kappa shape index (κ1) is 10.7. The topological polar surface area (TPSA) is 22.1 Å². The van der Waals surface area contributed by atoms with Crippen molar-refractivity contribution in [2.45, 2.75) is 25.7 Å². The van der Waals surface area contributed by atoms with Gasteiger partial charge in [0, 0.05) is 6.20 Å². The van der Waals surface area contributed by atoms with Crippen LogP contribution >= 0.6 is 11.6 Å². The molecule has 0 amide bonds. The summed E-state index contributed by atoms with van der Waals surface area (Å²) in [6.07, 6.45) is 6.26. The van der Waals surface area contributed by atoms with Gasteiger partial charge in [-0.1, -0.05) is 24.4 Å². The molecule has 1 aliphatic carbocycles. The number of pyridine rings is 1. The van der Waals surface area contributed by atoms with Crippen LogP contribution in [0.2, 0.25) is 5.02 Å². The van der Waals surface area contributed by atoms with Crippen LogP contribution in [0.4, 0.5) is 4.39 Å². The third-order valence-corrected chi connectivity index (χ3v) is 2.91. The Hall–Kier alpha value is -0.830. The second-order valence-corrected chi connectivity index (χ2v) is 4.34. The van der Waals surface area contributed by atoms with Crippen LogP contribution in [0, 0.1) is 11.7 Å². The summed E-state index contributed by atoms with van der Waals surface area (Å²) in [5.74, 6) is 0.133. The minimum absolute atomic E-state index is 0.0614. The summed E-state index contributed by atoms with van der Waals surface area (Å²) >= 11 is 5.59. The third kappa shape index (κ3) is 2.81. The van der Waals surface area contributed by atoms with E-state index in [4.69, 9.17) is 16.3 Å². The van der Waals surface area contributed by atoms with Crippen LogP contribution in [0.3, 0.4) is 0 Å². The summed E-state index contributed by atoms with van der Waals surface area (Å²) in [7, 11) is 0. The van der Waals surface area contributed by atoms with Gasteiger partial charge in [-0.2, -0.15) is 0 Å². The molecule has 0 saturated heterocycles. The lowest BCUT2D eigenvalue weighted by Crippen LogP contribution is -2.09. The lowest BCUT2D eigenvalue weighted by molar-refractivity contribution is 0.233. The van der Waals surface area contributed by atoms with Crippen molar-refractivity contribution in [2.75, 3.05) is 6.61 Å². The molecule has 2 nitrogen and oxygen atoms in total. The molecule has 2 rings (SSSR count). The Bertz CT molecular complexity index is 339.